The smallest absolute Gasteiger partial charge is 0.256 e. The van der Waals surface area contributed by atoms with Crippen LogP contribution in [-0.2, 0) is 0 Å². The summed E-state index contributed by atoms with van der Waals surface area (Å²) in [7, 11) is 0. The SMILES string of the molecule is Cc1c(Cl)nc2ncnn2c1OCC1CCCCC1. The summed E-state index contributed by atoms with van der Waals surface area (Å²) in [4.78, 5) is 8.22. The van der Waals surface area contributed by atoms with Crippen molar-refractivity contribution < 1.29 is 4.74 Å². The summed E-state index contributed by atoms with van der Waals surface area (Å²) in [5.74, 6) is 1.78. The highest BCUT2D eigenvalue weighted by Gasteiger charge is 2.17. The van der Waals surface area contributed by atoms with Crippen LogP contribution >= 0.6 is 11.6 Å². The van der Waals surface area contributed by atoms with E-state index in [0.717, 1.165) is 12.2 Å². The second-order valence-corrected chi connectivity index (χ2v) is 5.48. The lowest BCUT2D eigenvalue weighted by Crippen LogP contribution is -2.17. The van der Waals surface area contributed by atoms with Crippen LogP contribution in [0.25, 0.3) is 5.78 Å². The van der Waals surface area contributed by atoms with Gasteiger partial charge in [0.15, 0.2) is 0 Å². The molecule has 0 N–H and O–H groups in total. The molecule has 1 fully saturated rings. The average Bonchev–Trinajstić information content (AvgIpc) is 2.88. The van der Waals surface area contributed by atoms with E-state index in [0.29, 0.717) is 22.7 Å². The first-order valence-corrected chi connectivity index (χ1v) is 7.12. The molecule has 1 saturated carbocycles. The van der Waals surface area contributed by atoms with Gasteiger partial charge in [-0.05, 0) is 25.7 Å². The van der Waals surface area contributed by atoms with Gasteiger partial charge in [-0.25, -0.2) is 0 Å². The number of hydrogen-bond acceptors (Lipinski definition) is 4. The number of rotatable bonds is 3. The molecule has 0 unspecified atom stereocenters. The van der Waals surface area contributed by atoms with Gasteiger partial charge < -0.3 is 4.74 Å². The van der Waals surface area contributed by atoms with Gasteiger partial charge in [0.05, 0.1) is 6.61 Å². The Labute approximate surface area is 117 Å². The van der Waals surface area contributed by atoms with Gasteiger partial charge >= 0.3 is 0 Å². The maximum Gasteiger partial charge on any atom is 0.256 e. The maximum atomic E-state index is 6.10. The number of ether oxygens (including phenoxy) is 1. The summed E-state index contributed by atoms with van der Waals surface area (Å²) in [5.41, 5.74) is 0.815. The molecular formula is C13H17ClN4O. The van der Waals surface area contributed by atoms with E-state index in [4.69, 9.17) is 16.3 Å². The molecule has 5 nitrogen and oxygen atoms in total. The molecule has 102 valence electrons. The molecule has 0 atom stereocenters. The number of fused-ring (bicyclic) bond motifs is 1. The van der Waals surface area contributed by atoms with Gasteiger partial charge in [-0.15, -0.1) is 0 Å². The van der Waals surface area contributed by atoms with Crippen molar-refractivity contribution in [3.8, 4) is 5.88 Å². The normalized spacial score (nSPS) is 16.9. The van der Waals surface area contributed by atoms with Crippen LogP contribution in [0, 0.1) is 12.8 Å². The highest BCUT2D eigenvalue weighted by Crippen LogP contribution is 2.27. The Morgan fingerprint density at radius 3 is 2.95 bits per heavy atom. The molecule has 1 aliphatic carbocycles. The summed E-state index contributed by atoms with van der Waals surface area (Å²) in [5, 5.41) is 4.57. The predicted octanol–water partition coefficient (Wildman–Crippen LogP) is 3.05. The van der Waals surface area contributed by atoms with Crippen molar-refractivity contribution in [2.75, 3.05) is 6.61 Å². The van der Waals surface area contributed by atoms with Gasteiger partial charge in [-0.1, -0.05) is 30.9 Å². The van der Waals surface area contributed by atoms with Crippen LogP contribution in [-0.4, -0.2) is 26.2 Å². The van der Waals surface area contributed by atoms with E-state index >= 15 is 0 Å². The first-order valence-electron chi connectivity index (χ1n) is 6.74. The van der Waals surface area contributed by atoms with Gasteiger partial charge in [0.2, 0.25) is 5.88 Å². The molecule has 3 rings (SSSR count). The Hall–Kier alpha value is -1.36. The number of aromatic nitrogens is 4. The highest BCUT2D eigenvalue weighted by atomic mass is 35.5. The van der Waals surface area contributed by atoms with Gasteiger partial charge in [0, 0.05) is 5.56 Å². The third-order valence-corrected chi connectivity index (χ3v) is 4.10. The fraction of sp³-hybridized carbons (Fsp3) is 0.615. The van der Waals surface area contributed by atoms with Gasteiger partial charge in [-0.3, -0.25) is 0 Å². The predicted molar refractivity (Wildman–Crippen MR) is 72.6 cm³/mol. The Morgan fingerprint density at radius 2 is 2.16 bits per heavy atom. The highest BCUT2D eigenvalue weighted by molar-refractivity contribution is 6.30. The van der Waals surface area contributed by atoms with Crippen LogP contribution in [0.15, 0.2) is 6.33 Å². The van der Waals surface area contributed by atoms with Gasteiger partial charge in [0.1, 0.15) is 11.5 Å². The maximum absolute atomic E-state index is 6.10. The largest absolute Gasteiger partial charge is 0.477 e. The fourth-order valence-electron chi connectivity index (χ4n) is 2.59. The number of nitrogens with zero attached hydrogens (tertiary/aromatic N) is 4. The van der Waals surface area contributed by atoms with Crippen molar-refractivity contribution in [1.82, 2.24) is 19.6 Å². The molecule has 2 aromatic rings. The molecule has 2 heterocycles. The Bertz CT molecular complexity index is 577. The summed E-state index contributed by atoms with van der Waals surface area (Å²) < 4.78 is 7.58. The molecule has 0 bridgehead atoms. The van der Waals surface area contributed by atoms with E-state index in [1.54, 1.807) is 4.52 Å². The van der Waals surface area contributed by atoms with E-state index in [1.165, 1.54) is 38.4 Å². The summed E-state index contributed by atoms with van der Waals surface area (Å²) in [6, 6.07) is 0. The molecule has 0 amide bonds. The second kappa shape index (κ2) is 5.33. The van der Waals surface area contributed by atoms with Crippen molar-refractivity contribution in [3.05, 3.63) is 17.0 Å². The van der Waals surface area contributed by atoms with Crippen LogP contribution in [0.5, 0.6) is 5.88 Å². The van der Waals surface area contributed by atoms with Crippen molar-refractivity contribution in [1.29, 1.82) is 0 Å². The molecule has 0 spiro atoms. The lowest BCUT2D eigenvalue weighted by atomic mass is 9.90. The van der Waals surface area contributed by atoms with Crippen molar-refractivity contribution in [3.63, 3.8) is 0 Å². The lowest BCUT2D eigenvalue weighted by molar-refractivity contribution is 0.198. The lowest BCUT2D eigenvalue weighted by Gasteiger charge is -2.22. The van der Waals surface area contributed by atoms with Gasteiger partial charge in [0.25, 0.3) is 5.78 Å². The fourth-order valence-corrected chi connectivity index (χ4v) is 2.75. The first kappa shape index (κ1) is 12.7. The van der Waals surface area contributed by atoms with Crippen LogP contribution in [0.2, 0.25) is 5.15 Å². The van der Waals surface area contributed by atoms with Crippen molar-refractivity contribution in [2.24, 2.45) is 5.92 Å². The minimum absolute atomic E-state index is 0.430. The molecule has 19 heavy (non-hydrogen) atoms. The zero-order valence-electron chi connectivity index (χ0n) is 11.0. The molecule has 0 radical (unpaired) electrons. The molecule has 2 aromatic heterocycles. The summed E-state index contributed by atoms with van der Waals surface area (Å²) in [6.07, 6.45) is 7.93. The van der Waals surface area contributed by atoms with Crippen LogP contribution < -0.4 is 4.74 Å². The first-order chi connectivity index (χ1) is 9.25. The quantitative estimate of drug-likeness (QED) is 0.811. The molecule has 0 aromatic carbocycles. The Morgan fingerprint density at radius 1 is 1.37 bits per heavy atom. The second-order valence-electron chi connectivity index (χ2n) is 5.12. The number of halogens is 1. The Kier molecular flexibility index (Phi) is 3.55. The molecule has 6 heteroatoms. The number of hydrogen-bond donors (Lipinski definition) is 0. The molecule has 1 aliphatic rings. The van der Waals surface area contributed by atoms with Crippen LogP contribution in [0.3, 0.4) is 0 Å². The Balaban J connectivity index is 1.82. The van der Waals surface area contributed by atoms with Crippen molar-refractivity contribution in [2.45, 2.75) is 39.0 Å². The van der Waals surface area contributed by atoms with Crippen LogP contribution in [0.4, 0.5) is 0 Å². The van der Waals surface area contributed by atoms with E-state index in [1.807, 2.05) is 6.92 Å². The third-order valence-electron chi connectivity index (χ3n) is 3.73. The molecule has 0 saturated heterocycles. The molecular weight excluding hydrogens is 264 g/mol. The van der Waals surface area contributed by atoms with E-state index in [9.17, 15) is 0 Å². The zero-order valence-corrected chi connectivity index (χ0v) is 11.7. The summed E-state index contributed by atoms with van der Waals surface area (Å²) in [6.45, 7) is 2.61. The third kappa shape index (κ3) is 2.52. The standard InChI is InChI=1S/C13H17ClN4O/c1-9-11(14)17-13-15-8-16-18(13)12(9)19-7-10-5-3-2-4-6-10/h8,10H,2-7H2,1H3. The van der Waals surface area contributed by atoms with Crippen LogP contribution in [0.1, 0.15) is 37.7 Å². The van der Waals surface area contributed by atoms with Gasteiger partial charge in [-0.2, -0.15) is 19.6 Å². The van der Waals surface area contributed by atoms with E-state index < -0.39 is 0 Å². The monoisotopic (exact) mass is 280 g/mol. The van der Waals surface area contributed by atoms with E-state index in [-0.39, 0.29) is 0 Å². The summed E-state index contributed by atoms with van der Waals surface area (Å²) >= 11 is 6.10. The average molecular weight is 281 g/mol. The zero-order chi connectivity index (χ0) is 13.2. The molecule has 0 aliphatic heterocycles. The minimum atomic E-state index is 0.430. The minimum Gasteiger partial charge on any atom is -0.477 e. The van der Waals surface area contributed by atoms with E-state index in [2.05, 4.69) is 15.1 Å². The van der Waals surface area contributed by atoms with Crippen molar-refractivity contribution >= 4 is 17.4 Å². The topological polar surface area (TPSA) is 52.3 Å².